The average Bonchev–Trinajstić information content (AvgIpc) is 2.51. The molecule has 0 spiro atoms. The molecule has 1 aromatic heterocycles. The first-order chi connectivity index (χ1) is 8.18. The standard InChI is InChI=1S/C13H22BrN3/c1-11(2)17-12(9-15-13(17)14)10-16-7-5-3-4-6-8-16/h9,11H,3-8,10H2,1-2H3. The molecule has 0 aromatic carbocycles. The molecule has 4 heteroatoms. The van der Waals surface area contributed by atoms with Crippen molar-refractivity contribution in [2.45, 2.75) is 52.1 Å². The first-order valence-electron chi connectivity index (χ1n) is 6.62. The highest BCUT2D eigenvalue weighted by molar-refractivity contribution is 9.10. The fourth-order valence-corrected chi connectivity index (χ4v) is 3.30. The van der Waals surface area contributed by atoms with Gasteiger partial charge in [0.25, 0.3) is 0 Å². The summed E-state index contributed by atoms with van der Waals surface area (Å²) in [6, 6.07) is 0.467. The molecule has 1 aromatic rings. The van der Waals surface area contributed by atoms with Crippen LogP contribution in [-0.4, -0.2) is 27.5 Å². The van der Waals surface area contributed by atoms with Crippen LogP contribution >= 0.6 is 15.9 Å². The van der Waals surface area contributed by atoms with Gasteiger partial charge >= 0.3 is 0 Å². The third kappa shape index (κ3) is 3.32. The molecule has 17 heavy (non-hydrogen) atoms. The quantitative estimate of drug-likeness (QED) is 0.850. The monoisotopic (exact) mass is 299 g/mol. The van der Waals surface area contributed by atoms with Crippen LogP contribution in [0.4, 0.5) is 0 Å². The van der Waals surface area contributed by atoms with Gasteiger partial charge in [0.15, 0.2) is 4.73 Å². The summed E-state index contributed by atoms with van der Waals surface area (Å²) in [5.74, 6) is 0. The Bertz CT molecular complexity index is 352. The van der Waals surface area contributed by atoms with Gasteiger partial charge in [-0.05, 0) is 55.7 Å². The van der Waals surface area contributed by atoms with E-state index in [1.165, 1.54) is 44.5 Å². The van der Waals surface area contributed by atoms with Gasteiger partial charge in [-0.15, -0.1) is 0 Å². The van der Waals surface area contributed by atoms with Crippen molar-refractivity contribution < 1.29 is 0 Å². The van der Waals surface area contributed by atoms with E-state index in [1.54, 1.807) is 0 Å². The number of imidazole rings is 1. The van der Waals surface area contributed by atoms with Crippen LogP contribution < -0.4 is 0 Å². The molecular weight excluding hydrogens is 278 g/mol. The van der Waals surface area contributed by atoms with E-state index in [0.717, 1.165) is 11.3 Å². The van der Waals surface area contributed by atoms with Gasteiger partial charge in [0.05, 0.1) is 11.9 Å². The van der Waals surface area contributed by atoms with Gasteiger partial charge in [0, 0.05) is 12.6 Å². The Labute approximate surface area is 112 Å². The first-order valence-corrected chi connectivity index (χ1v) is 7.41. The number of aromatic nitrogens is 2. The van der Waals surface area contributed by atoms with E-state index in [0.29, 0.717) is 6.04 Å². The fraction of sp³-hybridized carbons (Fsp3) is 0.769. The van der Waals surface area contributed by atoms with Gasteiger partial charge in [-0.25, -0.2) is 4.98 Å². The van der Waals surface area contributed by atoms with Gasteiger partial charge in [-0.2, -0.15) is 0 Å². The van der Waals surface area contributed by atoms with Crippen LogP contribution in [-0.2, 0) is 6.54 Å². The number of hydrogen-bond donors (Lipinski definition) is 0. The van der Waals surface area contributed by atoms with Crippen molar-refractivity contribution in [1.82, 2.24) is 14.5 Å². The lowest BCUT2D eigenvalue weighted by Gasteiger charge is -2.21. The Kier molecular flexibility index (Phi) is 4.62. The van der Waals surface area contributed by atoms with E-state index in [2.05, 4.69) is 44.2 Å². The van der Waals surface area contributed by atoms with Gasteiger partial charge in [0.2, 0.25) is 0 Å². The van der Waals surface area contributed by atoms with Crippen molar-refractivity contribution in [3.05, 3.63) is 16.6 Å². The zero-order valence-electron chi connectivity index (χ0n) is 10.8. The minimum absolute atomic E-state index is 0.467. The van der Waals surface area contributed by atoms with E-state index in [9.17, 15) is 0 Å². The summed E-state index contributed by atoms with van der Waals surface area (Å²) in [6.45, 7) is 7.93. The van der Waals surface area contributed by atoms with Crippen LogP contribution in [0.1, 0.15) is 51.3 Å². The average molecular weight is 300 g/mol. The first kappa shape index (κ1) is 13.1. The highest BCUT2D eigenvalue weighted by Crippen LogP contribution is 2.20. The van der Waals surface area contributed by atoms with Crippen LogP contribution in [0.2, 0.25) is 0 Å². The maximum absolute atomic E-state index is 4.38. The molecule has 0 radical (unpaired) electrons. The molecule has 0 amide bonds. The van der Waals surface area contributed by atoms with Crippen molar-refractivity contribution >= 4 is 15.9 Å². The summed E-state index contributed by atoms with van der Waals surface area (Å²) >= 11 is 3.53. The van der Waals surface area contributed by atoms with Crippen LogP contribution in [0, 0.1) is 0 Å². The Hall–Kier alpha value is -0.350. The predicted molar refractivity (Wildman–Crippen MR) is 74.1 cm³/mol. The highest BCUT2D eigenvalue weighted by Gasteiger charge is 2.15. The summed E-state index contributed by atoms with van der Waals surface area (Å²) in [5.41, 5.74) is 1.33. The van der Waals surface area contributed by atoms with Crippen molar-refractivity contribution in [1.29, 1.82) is 0 Å². The van der Waals surface area contributed by atoms with Crippen molar-refractivity contribution in [2.75, 3.05) is 13.1 Å². The minimum Gasteiger partial charge on any atom is -0.319 e. The maximum Gasteiger partial charge on any atom is 0.177 e. The molecule has 1 fully saturated rings. The van der Waals surface area contributed by atoms with Crippen molar-refractivity contribution in [3.8, 4) is 0 Å². The summed E-state index contributed by atoms with van der Waals surface area (Å²) in [4.78, 5) is 6.94. The van der Waals surface area contributed by atoms with Gasteiger partial charge in [-0.3, -0.25) is 4.90 Å². The smallest absolute Gasteiger partial charge is 0.177 e. The lowest BCUT2D eigenvalue weighted by atomic mass is 10.2. The maximum atomic E-state index is 4.38. The number of nitrogens with zero attached hydrogens (tertiary/aromatic N) is 3. The molecular formula is C13H22BrN3. The molecule has 0 atom stereocenters. The number of halogens is 1. The summed E-state index contributed by atoms with van der Waals surface area (Å²) in [7, 11) is 0. The van der Waals surface area contributed by atoms with Gasteiger partial charge in [0.1, 0.15) is 0 Å². The highest BCUT2D eigenvalue weighted by atomic mass is 79.9. The van der Waals surface area contributed by atoms with Crippen molar-refractivity contribution in [3.63, 3.8) is 0 Å². The summed E-state index contributed by atoms with van der Waals surface area (Å²) in [5, 5.41) is 0. The summed E-state index contributed by atoms with van der Waals surface area (Å²) < 4.78 is 3.24. The van der Waals surface area contributed by atoms with Crippen LogP contribution in [0.15, 0.2) is 10.9 Å². The molecule has 0 N–H and O–H groups in total. The molecule has 0 saturated carbocycles. The molecule has 0 aliphatic carbocycles. The SMILES string of the molecule is CC(C)n1c(CN2CCCCCC2)cnc1Br. The molecule has 1 aliphatic heterocycles. The van der Waals surface area contributed by atoms with E-state index in [1.807, 2.05) is 6.20 Å². The van der Waals surface area contributed by atoms with E-state index in [-0.39, 0.29) is 0 Å². The van der Waals surface area contributed by atoms with Crippen LogP contribution in [0.3, 0.4) is 0 Å². The largest absolute Gasteiger partial charge is 0.319 e. The lowest BCUT2D eigenvalue weighted by Crippen LogP contribution is -2.25. The molecule has 1 aliphatic rings. The molecule has 2 rings (SSSR count). The van der Waals surface area contributed by atoms with Crippen LogP contribution in [0.5, 0.6) is 0 Å². The Balaban J connectivity index is 2.06. The molecule has 3 nitrogen and oxygen atoms in total. The second kappa shape index (κ2) is 6.01. The summed E-state index contributed by atoms with van der Waals surface area (Å²) in [6.07, 6.45) is 7.48. The molecule has 1 saturated heterocycles. The molecule has 96 valence electrons. The lowest BCUT2D eigenvalue weighted by molar-refractivity contribution is 0.267. The van der Waals surface area contributed by atoms with Gasteiger partial charge < -0.3 is 4.57 Å². The molecule has 2 heterocycles. The number of likely N-dealkylation sites (tertiary alicyclic amines) is 1. The Morgan fingerprint density at radius 3 is 2.47 bits per heavy atom. The van der Waals surface area contributed by atoms with E-state index < -0.39 is 0 Å². The van der Waals surface area contributed by atoms with E-state index in [4.69, 9.17) is 0 Å². The Morgan fingerprint density at radius 2 is 1.88 bits per heavy atom. The predicted octanol–water partition coefficient (Wildman–Crippen LogP) is 3.60. The zero-order chi connectivity index (χ0) is 12.3. The normalized spacial score (nSPS) is 18.6. The van der Waals surface area contributed by atoms with E-state index >= 15 is 0 Å². The van der Waals surface area contributed by atoms with Crippen molar-refractivity contribution in [2.24, 2.45) is 0 Å². The third-order valence-electron chi connectivity index (χ3n) is 3.43. The molecule has 0 bridgehead atoms. The Morgan fingerprint density at radius 1 is 1.24 bits per heavy atom. The van der Waals surface area contributed by atoms with Crippen LogP contribution in [0.25, 0.3) is 0 Å². The van der Waals surface area contributed by atoms with Gasteiger partial charge in [-0.1, -0.05) is 12.8 Å². The third-order valence-corrected chi connectivity index (χ3v) is 4.02. The second-order valence-electron chi connectivity index (χ2n) is 5.17. The fourth-order valence-electron chi connectivity index (χ4n) is 2.56. The zero-order valence-corrected chi connectivity index (χ0v) is 12.4. The number of rotatable bonds is 3. The molecule has 0 unspecified atom stereocenters. The second-order valence-corrected chi connectivity index (χ2v) is 5.88. The topological polar surface area (TPSA) is 21.1 Å². The number of hydrogen-bond acceptors (Lipinski definition) is 2. The minimum atomic E-state index is 0.467.